The second kappa shape index (κ2) is 14.1. The lowest BCUT2D eigenvalue weighted by Gasteiger charge is -2.25. The third-order valence-electron chi connectivity index (χ3n) is 6.58. The first-order valence-electron chi connectivity index (χ1n) is 13.0. The SMILES string of the molecule is CC(O)C(N)C(=O)NC(Cc1ccc(O)cc1)C(=O)NC(CC(N)=O)C(=O)NC(Cc1c[nH]c2ccccc12)C(=O)O. The van der Waals surface area contributed by atoms with Crippen molar-refractivity contribution in [3.63, 3.8) is 0 Å². The molecular formula is C28H34N6O8. The van der Waals surface area contributed by atoms with Crippen molar-refractivity contribution in [2.45, 2.75) is 56.5 Å². The summed E-state index contributed by atoms with van der Waals surface area (Å²) in [5.41, 5.74) is 12.9. The Morgan fingerprint density at radius 1 is 0.857 bits per heavy atom. The number of aliphatic hydroxyl groups is 1. The van der Waals surface area contributed by atoms with Crippen molar-refractivity contribution in [2.75, 3.05) is 0 Å². The van der Waals surface area contributed by atoms with Gasteiger partial charge in [0.2, 0.25) is 23.6 Å². The van der Waals surface area contributed by atoms with Gasteiger partial charge in [0.15, 0.2) is 0 Å². The molecule has 4 amide bonds. The Labute approximate surface area is 240 Å². The van der Waals surface area contributed by atoms with Crippen LogP contribution in [0.4, 0.5) is 0 Å². The van der Waals surface area contributed by atoms with Crippen LogP contribution >= 0.6 is 0 Å². The summed E-state index contributed by atoms with van der Waals surface area (Å²) < 4.78 is 0. The third kappa shape index (κ3) is 8.52. The van der Waals surface area contributed by atoms with Crippen molar-refractivity contribution in [2.24, 2.45) is 11.5 Å². The number of aromatic hydroxyl groups is 1. The van der Waals surface area contributed by atoms with Gasteiger partial charge >= 0.3 is 5.97 Å². The fourth-order valence-electron chi connectivity index (χ4n) is 4.24. The molecule has 0 saturated carbocycles. The average Bonchev–Trinajstić information content (AvgIpc) is 3.34. The zero-order valence-corrected chi connectivity index (χ0v) is 22.7. The minimum atomic E-state index is -1.58. The van der Waals surface area contributed by atoms with Gasteiger partial charge < -0.3 is 47.7 Å². The molecule has 5 unspecified atom stereocenters. The number of fused-ring (bicyclic) bond motifs is 1. The molecule has 0 fully saturated rings. The molecule has 11 N–H and O–H groups in total. The molecule has 0 bridgehead atoms. The number of hydrogen-bond donors (Lipinski definition) is 9. The van der Waals surface area contributed by atoms with E-state index in [1.807, 2.05) is 12.1 Å². The third-order valence-corrected chi connectivity index (χ3v) is 6.58. The summed E-state index contributed by atoms with van der Waals surface area (Å²) >= 11 is 0. The number of carboxylic acid groups (broad SMARTS) is 1. The molecule has 0 saturated heterocycles. The van der Waals surface area contributed by atoms with Gasteiger partial charge in [0.1, 0.15) is 29.9 Å². The summed E-state index contributed by atoms with van der Waals surface area (Å²) in [6.45, 7) is 1.29. The van der Waals surface area contributed by atoms with Gasteiger partial charge in [0.25, 0.3) is 0 Å². The summed E-state index contributed by atoms with van der Waals surface area (Å²) in [7, 11) is 0. The number of aromatic nitrogens is 1. The Balaban J connectivity index is 1.80. The van der Waals surface area contributed by atoms with E-state index in [2.05, 4.69) is 20.9 Å². The largest absolute Gasteiger partial charge is 0.508 e. The van der Waals surface area contributed by atoms with Gasteiger partial charge in [-0.25, -0.2) is 4.79 Å². The maximum absolute atomic E-state index is 13.3. The lowest BCUT2D eigenvalue weighted by molar-refractivity contribution is -0.142. The number of phenols is 1. The van der Waals surface area contributed by atoms with Crippen LogP contribution in [0, 0.1) is 0 Å². The Kier molecular flexibility index (Phi) is 10.6. The van der Waals surface area contributed by atoms with Gasteiger partial charge in [-0.2, -0.15) is 0 Å². The second-order valence-corrected chi connectivity index (χ2v) is 9.89. The number of nitrogens with two attached hydrogens (primary N) is 2. The number of benzene rings is 2. The first-order valence-corrected chi connectivity index (χ1v) is 13.0. The topological polar surface area (TPSA) is 250 Å². The molecule has 0 aliphatic heterocycles. The number of phenolic OH excluding ortho intramolecular Hbond substituents is 1. The molecule has 0 spiro atoms. The number of aromatic amines is 1. The van der Waals surface area contributed by atoms with Crippen molar-refractivity contribution < 1.29 is 39.3 Å². The lowest BCUT2D eigenvalue weighted by Crippen LogP contribution is -2.59. The predicted molar refractivity (Wildman–Crippen MR) is 151 cm³/mol. The highest BCUT2D eigenvalue weighted by molar-refractivity contribution is 5.96. The van der Waals surface area contributed by atoms with E-state index in [4.69, 9.17) is 11.5 Å². The Morgan fingerprint density at radius 3 is 2.07 bits per heavy atom. The summed E-state index contributed by atoms with van der Waals surface area (Å²) in [5, 5.41) is 37.0. The van der Waals surface area contributed by atoms with Crippen LogP contribution in [-0.4, -0.2) is 80.2 Å². The molecule has 1 heterocycles. The summed E-state index contributed by atoms with van der Waals surface area (Å²) in [6, 6.07) is 7.26. The lowest BCUT2D eigenvalue weighted by atomic mass is 10.0. The molecule has 5 atom stereocenters. The van der Waals surface area contributed by atoms with Gasteiger partial charge in [-0.1, -0.05) is 30.3 Å². The number of hydrogen-bond acceptors (Lipinski definition) is 8. The van der Waals surface area contributed by atoms with Crippen LogP contribution in [0.5, 0.6) is 5.75 Å². The predicted octanol–water partition coefficient (Wildman–Crippen LogP) is -1.22. The van der Waals surface area contributed by atoms with Crippen LogP contribution in [0.25, 0.3) is 10.9 Å². The van der Waals surface area contributed by atoms with E-state index in [-0.39, 0.29) is 18.6 Å². The molecule has 42 heavy (non-hydrogen) atoms. The van der Waals surface area contributed by atoms with E-state index in [1.54, 1.807) is 18.3 Å². The van der Waals surface area contributed by atoms with Gasteiger partial charge in [-0.05, 0) is 36.2 Å². The molecule has 0 aliphatic carbocycles. The molecule has 3 aromatic rings. The monoisotopic (exact) mass is 582 g/mol. The molecule has 224 valence electrons. The molecule has 1 aromatic heterocycles. The van der Waals surface area contributed by atoms with Crippen molar-refractivity contribution >= 4 is 40.5 Å². The van der Waals surface area contributed by atoms with Crippen molar-refractivity contribution in [1.29, 1.82) is 0 Å². The highest BCUT2D eigenvalue weighted by Crippen LogP contribution is 2.19. The number of carbonyl (C=O) groups excluding carboxylic acids is 4. The van der Waals surface area contributed by atoms with Gasteiger partial charge in [0, 0.05) is 29.9 Å². The maximum atomic E-state index is 13.3. The van der Waals surface area contributed by atoms with Crippen LogP contribution in [0.3, 0.4) is 0 Å². The molecule has 14 nitrogen and oxygen atoms in total. The minimum Gasteiger partial charge on any atom is -0.508 e. The van der Waals surface area contributed by atoms with Crippen LogP contribution in [0.1, 0.15) is 24.5 Å². The van der Waals surface area contributed by atoms with Crippen LogP contribution in [-0.2, 0) is 36.8 Å². The first-order chi connectivity index (χ1) is 19.8. The van der Waals surface area contributed by atoms with Gasteiger partial charge in [0.05, 0.1) is 12.5 Å². The van der Waals surface area contributed by atoms with E-state index in [0.29, 0.717) is 11.1 Å². The smallest absolute Gasteiger partial charge is 0.326 e. The standard InChI is InChI=1S/C28H34N6O8/c1-14(35)24(30)27(40)33-20(10-15-6-8-17(36)9-7-15)25(38)32-21(12-23(29)37)26(39)34-22(28(41)42)11-16-13-31-19-5-3-2-4-18(16)19/h2-9,13-14,20-22,24,31,35-36H,10-12,30H2,1H3,(H2,29,37)(H,32,38)(H,33,40)(H,34,39)(H,41,42). The number of nitrogens with one attached hydrogen (secondary N) is 4. The van der Waals surface area contributed by atoms with E-state index < -0.39 is 66.3 Å². The highest BCUT2D eigenvalue weighted by atomic mass is 16.4. The maximum Gasteiger partial charge on any atom is 0.326 e. The van der Waals surface area contributed by atoms with Gasteiger partial charge in [-0.15, -0.1) is 0 Å². The Hall–Kier alpha value is -4.95. The summed E-state index contributed by atoms with van der Waals surface area (Å²) in [6.07, 6.45) is -0.485. The van der Waals surface area contributed by atoms with E-state index >= 15 is 0 Å². The quantitative estimate of drug-likeness (QED) is 0.110. The number of para-hydroxylation sites is 1. The number of primary amides is 1. The van der Waals surface area contributed by atoms with Crippen molar-refractivity contribution in [3.05, 3.63) is 65.9 Å². The Morgan fingerprint density at radius 2 is 1.45 bits per heavy atom. The zero-order valence-electron chi connectivity index (χ0n) is 22.7. The van der Waals surface area contributed by atoms with Crippen LogP contribution in [0.2, 0.25) is 0 Å². The molecular weight excluding hydrogens is 548 g/mol. The number of amides is 4. The second-order valence-electron chi connectivity index (χ2n) is 9.89. The van der Waals surface area contributed by atoms with Crippen LogP contribution < -0.4 is 27.4 Å². The normalized spacial score (nSPS) is 14.6. The number of H-pyrrole nitrogens is 1. The first kappa shape index (κ1) is 31.6. The minimum absolute atomic E-state index is 0.0290. The number of rotatable bonds is 14. The van der Waals surface area contributed by atoms with E-state index in [1.165, 1.54) is 31.2 Å². The van der Waals surface area contributed by atoms with E-state index in [0.717, 1.165) is 10.9 Å². The fraction of sp³-hybridized carbons (Fsp3) is 0.321. The molecule has 0 aliphatic rings. The van der Waals surface area contributed by atoms with Crippen molar-refractivity contribution in [1.82, 2.24) is 20.9 Å². The number of carboxylic acids is 1. The molecule has 0 radical (unpaired) electrons. The van der Waals surface area contributed by atoms with Crippen LogP contribution in [0.15, 0.2) is 54.7 Å². The molecule has 14 heteroatoms. The van der Waals surface area contributed by atoms with Gasteiger partial charge in [-0.3, -0.25) is 19.2 Å². The highest BCUT2D eigenvalue weighted by Gasteiger charge is 2.32. The number of carbonyl (C=O) groups is 5. The fourth-order valence-corrected chi connectivity index (χ4v) is 4.24. The zero-order chi connectivity index (χ0) is 31.0. The van der Waals surface area contributed by atoms with E-state index in [9.17, 15) is 39.3 Å². The molecule has 2 aromatic carbocycles. The summed E-state index contributed by atoms with van der Waals surface area (Å²) in [4.78, 5) is 65.9. The molecule has 3 rings (SSSR count). The number of aliphatic hydroxyl groups excluding tert-OH is 1. The summed E-state index contributed by atoms with van der Waals surface area (Å²) in [5.74, 6) is -5.07. The average molecular weight is 583 g/mol. The Bertz CT molecular complexity index is 1440. The number of aliphatic carboxylic acids is 1. The van der Waals surface area contributed by atoms with Crippen molar-refractivity contribution in [3.8, 4) is 5.75 Å².